The van der Waals surface area contributed by atoms with E-state index in [9.17, 15) is 0 Å². The molecule has 7 heteroatoms. The van der Waals surface area contributed by atoms with Gasteiger partial charge in [0.25, 0.3) is 0 Å². The van der Waals surface area contributed by atoms with Crippen molar-refractivity contribution in [2.24, 2.45) is 5.16 Å². The minimum Gasteiger partial charge on any atom is -0.493 e. The van der Waals surface area contributed by atoms with Crippen molar-refractivity contribution in [2.45, 2.75) is 0 Å². The number of benzene rings is 1. The van der Waals surface area contributed by atoms with Crippen molar-refractivity contribution in [3.63, 3.8) is 0 Å². The standard InChI is InChI=1S/C14H19BrN2O4/c1-19-13-9-12(15)8-11(10-16-18)14(13)21-7-4-17-2-5-20-6-3-17/h8-10,18H,2-7H2,1H3. The molecule has 1 aromatic carbocycles. The van der Waals surface area contributed by atoms with Crippen LogP contribution >= 0.6 is 15.9 Å². The molecule has 0 amide bonds. The fourth-order valence-corrected chi connectivity index (χ4v) is 2.61. The minimum absolute atomic E-state index is 0.532. The van der Waals surface area contributed by atoms with Gasteiger partial charge >= 0.3 is 0 Å². The van der Waals surface area contributed by atoms with Gasteiger partial charge in [-0.25, -0.2) is 0 Å². The second-order valence-electron chi connectivity index (χ2n) is 4.57. The maximum Gasteiger partial charge on any atom is 0.170 e. The van der Waals surface area contributed by atoms with Gasteiger partial charge in [0.05, 0.1) is 26.5 Å². The van der Waals surface area contributed by atoms with E-state index in [-0.39, 0.29) is 0 Å². The Balaban J connectivity index is 2.03. The fraction of sp³-hybridized carbons (Fsp3) is 0.500. The van der Waals surface area contributed by atoms with Crippen LogP contribution in [0.4, 0.5) is 0 Å². The SMILES string of the molecule is COc1cc(Br)cc(C=NO)c1OCCN1CCOCC1. The number of halogens is 1. The summed E-state index contributed by atoms with van der Waals surface area (Å²) in [6.07, 6.45) is 1.33. The van der Waals surface area contributed by atoms with Gasteiger partial charge in [-0.05, 0) is 12.1 Å². The van der Waals surface area contributed by atoms with Gasteiger partial charge in [-0.1, -0.05) is 21.1 Å². The lowest BCUT2D eigenvalue weighted by molar-refractivity contribution is 0.0321. The summed E-state index contributed by atoms with van der Waals surface area (Å²) in [5.41, 5.74) is 0.658. The third kappa shape index (κ3) is 4.59. The number of ether oxygens (including phenoxy) is 3. The highest BCUT2D eigenvalue weighted by molar-refractivity contribution is 9.10. The number of nitrogens with zero attached hydrogens (tertiary/aromatic N) is 2. The molecule has 0 aliphatic carbocycles. The molecule has 1 aliphatic heterocycles. The van der Waals surface area contributed by atoms with Gasteiger partial charge in [0.1, 0.15) is 6.61 Å². The van der Waals surface area contributed by atoms with E-state index in [1.807, 2.05) is 12.1 Å². The number of oxime groups is 1. The second-order valence-corrected chi connectivity index (χ2v) is 5.49. The van der Waals surface area contributed by atoms with Gasteiger partial charge in [-0.3, -0.25) is 4.90 Å². The first-order valence-electron chi connectivity index (χ1n) is 6.72. The molecule has 6 nitrogen and oxygen atoms in total. The summed E-state index contributed by atoms with van der Waals surface area (Å²) >= 11 is 3.39. The van der Waals surface area contributed by atoms with Crippen molar-refractivity contribution in [1.82, 2.24) is 4.90 Å². The zero-order chi connectivity index (χ0) is 15.1. The number of rotatable bonds is 6. The van der Waals surface area contributed by atoms with Crippen molar-refractivity contribution in [2.75, 3.05) is 46.6 Å². The normalized spacial score (nSPS) is 16.3. The lowest BCUT2D eigenvalue weighted by Crippen LogP contribution is -2.38. The van der Waals surface area contributed by atoms with Gasteiger partial charge in [0.15, 0.2) is 11.5 Å². The van der Waals surface area contributed by atoms with Gasteiger partial charge in [-0.15, -0.1) is 0 Å². The predicted octanol–water partition coefficient (Wildman–Crippen LogP) is 1.98. The van der Waals surface area contributed by atoms with E-state index in [0.29, 0.717) is 23.7 Å². The molecule has 0 saturated carbocycles. The summed E-state index contributed by atoms with van der Waals surface area (Å²) in [5.74, 6) is 1.17. The summed E-state index contributed by atoms with van der Waals surface area (Å²) in [5, 5.41) is 11.8. The Kier molecular flexibility index (Phi) is 6.28. The number of morpholine rings is 1. The smallest absolute Gasteiger partial charge is 0.170 e. The van der Waals surface area contributed by atoms with Gasteiger partial charge in [-0.2, -0.15) is 0 Å². The number of hydrogen-bond acceptors (Lipinski definition) is 6. The molecule has 1 heterocycles. The van der Waals surface area contributed by atoms with Gasteiger partial charge < -0.3 is 19.4 Å². The van der Waals surface area contributed by atoms with E-state index < -0.39 is 0 Å². The van der Waals surface area contributed by atoms with Crippen molar-refractivity contribution in [3.8, 4) is 11.5 Å². The molecule has 1 aromatic rings. The molecule has 116 valence electrons. The molecule has 2 rings (SSSR count). The maximum atomic E-state index is 8.76. The molecule has 0 spiro atoms. The zero-order valence-corrected chi connectivity index (χ0v) is 13.5. The van der Waals surface area contributed by atoms with Crippen molar-refractivity contribution in [1.29, 1.82) is 0 Å². The van der Waals surface area contributed by atoms with Crippen LogP contribution in [0.2, 0.25) is 0 Å². The van der Waals surface area contributed by atoms with Gasteiger partial charge in [0, 0.05) is 29.7 Å². The largest absolute Gasteiger partial charge is 0.493 e. The third-order valence-corrected chi connectivity index (χ3v) is 3.68. The first-order valence-corrected chi connectivity index (χ1v) is 7.51. The Labute approximate surface area is 132 Å². The molecule has 0 unspecified atom stereocenters. The van der Waals surface area contributed by atoms with Crippen molar-refractivity contribution >= 4 is 22.1 Å². The molecule has 1 N–H and O–H groups in total. The molecule has 0 radical (unpaired) electrons. The fourth-order valence-electron chi connectivity index (χ4n) is 2.15. The summed E-state index contributed by atoms with van der Waals surface area (Å²) in [7, 11) is 1.58. The van der Waals surface area contributed by atoms with E-state index in [1.54, 1.807) is 7.11 Å². The number of methoxy groups -OCH3 is 1. The minimum atomic E-state index is 0.532. The molecule has 1 aliphatic rings. The Hall–Kier alpha value is -1.31. The average molecular weight is 359 g/mol. The van der Waals surface area contributed by atoms with E-state index in [2.05, 4.69) is 26.0 Å². The Bertz CT molecular complexity index is 490. The Morgan fingerprint density at radius 2 is 2.19 bits per heavy atom. The van der Waals surface area contributed by atoms with E-state index >= 15 is 0 Å². The lowest BCUT2D eigenvalue weighted by atomic mass is 10.2. The highest BCUT2D eigenvalue weighted by Crippen LogP contribution is 2.34. The van der Waals surface area contributed by atoms with Crippen LogP contribution < -0.4 is 9.47 Å². The molecular formula is C14H19BrN2O4. The van der Waals surface area contributed by atoms with Crippen LogP contribution in [-0.4, -0.2) is 62.9 Å². The van der Waals surface area contributed by atoms with Crippen LogP contribution in [0.25, 0.3) is 0 Å². The zero-order valence-electron chi connectivity index (χ0n) is 11.9. The maximum absolute atomic E-state index is 8.76. The summed E-state index contributed by atoms with van der Waals surface area (Å²) in [6.45, 7) is 4.73. The van der Waals surface area contributed by atoms with Crippen LogP contribution in [0.1, 0.15) is 5.56 Å². The van der Waals surface area contributed by atoms with Crippen LogP contribution in [-0.2, 0) is 4.74 Å². The highest BCUT2D eigenvalue weighted by Gasteiger charge is 2.14. The average Bonchev–Trinajstić information content (AvgIpc) is 2.50. The summed E-state index contributed by atoms with van der Waals surface area (Å²) in [6, 6.07) is 3.63. The van der Waals surface area contributed by atoms with Crippen LogP contribution in [0, 0.1) is 0 Å². The van der Waals surface area contributed by atoms with Crippen LogP contribution in [0.5, 0.6) is 11.5 Å². The first kappa shape index (κ1) is 16.1. The summed E-state index contributed by atoms with van der Waals surface area (Å²) in [4.78, 5) is 2.29. The highest BCUT2D eigenvalue weighted by atomic mass is 79.9. The van der Waals surface area contributed by atoms with Crippen molar-refractivity contribution < 1.29 is 19.4 Å². The van der Waals surface area contributed by atoms with Crippen LogP contribution in [0.3, 0.4) is 0 Å². The molecule has 0 atom stereocenters. The van der Waals surface area contributed by atoms with E-state index in [0.717, 1.165) is 37.3 Å². The second kappa shape index (κ2) is 8.21. The topological polar surface area (TPSA) is 63.5 Å². The third-order valence-electron chi connectivity index (χ3n) is 3.22. The first-order chi connectivity index (χ1) is 10.2. The molecular weight excluding hydrogens is 340 g/mol. The molecule has 0 aromatic heterocycles. The van der Waals surface area contributed by atoms with Gasteiger partial charge in [0.2, 0.25) is 0 Å². The molecule has 1 saturated heterocycles. The van der Waals surface area contributed by atoms with E-state index in [1.165, 1.54) is 6.21 Å². The molecule has 21 heavy (non-hydrogen) atoms. The predicted molar refractivity (Wildman–Crippen MR) is 82.8 cm³/mol. The lowest BCUT2D eigenvalue weighted by Gasteiger charge is -2.26. The molecule has 0 bridgehead atoms. The Morgan fingerprint density at radius 1 is 1.43 bits per heavy atom. The van der Waals surface area contributed by atoms with E-state index in [4.69, 9.17) is 19.4 Å². The quantitative estimate of drug-likeness (QED) is 0.478. The monoisotopic (exact) mass is 358 g/mol. The number of hydrogen-bond donors (Lipinski definition) is 1. The Morgan fingerprint density at radius 3 is 2.86 bits per heavy atom. The van der Waals surface area contributed by atoms with Crippen LogP contribution in [0.15, 0.2) is 21.8 Å². The molecule has 1 fully saturated rings. The summed E-state index contributed by atoms with van der Waals surface area (Å²) < 4.78 is 17.3. The van der Waals surface area contributed by atoms with Crippen molar-refractivity contribution in [3.05, 3.63) is 22.2 Å².